The predicted octanol–water partition coefficient (Wildman–Crippen LogP) is 4.48. The number of rotatable bonds is 4. The molecule has 0 aromatic rings. The van der Waals surface area contributed by atoms with Crippen LogP contribution in [0, 0.1) is 0 Å². The standard InChI is InChI=1S/C24H40O6/c1-15(2)25-17-19-21(29-23(27-19)11-7-5-8-12-23)18(26-16(3)4)22-20(17)28-24(30-22)13-9-6-10-14-24/h15-22H,5-14H2,1-4H3/t17?,18?,19-,20-,21-,22+/m1/s1. The van der Waals surface area contributed by atoms with Crippen LogP contribution in [0.4, 0.5) is 0 Å². The Morgan fingerprint density at radius 2 is 0.833 bits per heavy atom. The summed E-state index contributed by atoms with van der Waals surface area (Å²) < 4.78 is 39.9. The lowest BCUT2D eigenvalue weighted by Gasteiger charge is -2.43. The van der Waals surface area contributed by atoms with Crippen molar-refractivity contribution in [3.8, 4) is 0 Å². The molecule has 172 valence electrons. The molecule has 3 aliphatic carbocycles. The molecule has 6 atom stereocenters. The molecule has 0 aromatic heterocycles. The molecule has 0 amide bonds. The van der Waals surface area contributed by atoms with Crippen LogP contribution in [0.5, 0.6) is 0 Å². The maximum atomic E-state index is 6.74. The minimum Gasteiger partial charge on any atom is -0.370 e. The summed E-state index contributed by atoms with van der Waals surface area (Å²) in [7, 11) is 0. The van der Waals surface area contributed by atoms with E-state index in [4.69, 9.17) is 28.4 Å². The third kappa shape index (κ3) is 3.86. The van der Waals surface area contributed by atoms with Gasteiger partial charge in [0.1, 0.15) is 36.6 Å². The molecule has 30 heavy (non-hydrogen) atoms. The van der Waals surface area contributed by atoms with Gasteiger partial charge in [0.25, 0.3) is 0 Å². The zero-order valence-electron chi connectivity index (χ0n) is 19.1. The number of ether oxygens (including phenoxy) is 6. The molecule has 0 radical (unpaired) electrons. The minimum atomic E-state index is -0.494. The van der Waals surface area contributed by atoms with Crippen LogP contribution in [0.25, 0.3) is 0 Å². The monoisotopic (exact) mass is 424 g/mol. The van der Waals surface area contributed by atoms with Crippen LogP contribution in [0.2, 0.25) is 0 Å². The normalized spacial score (nSPS) is 42.2. The molecule has 0 bridgehead atoms. The van der Waals surface area contributed by atoms with E-state index in [1.165, 1.54) is 12.8 Å². The Bertz CT molecular complexity index is 515. The SMILES string of the molecule is CC(C)OC1[C@H]2OC3(CCCCC3)O[C@@H]2C(OC(C)C)[C@@H]2OC3(CCCCC3)O[C@H]12. The van der Waals surface area contributed by atoms with Gasteiger partial charge in [0.05, 0.1) is 12.2 Å². The zero-order chi connectivity index (χ0) is 20.9. The molecule has 6 nitrogen and oxygen atoms in total. The molecule has 2 aliphatic heterocycles. The van der Waals surface area contributed by atoms with Crippen molar-refractivity contribution >= 4 is 0 Å². The number of hydrogen-bond acceptors (Lipinski definition) is 6. The first-order valence-corrected chi connectivity index (χ1v) is 12.4. The lowest BCUT2D eigenvalue weighted by atomic mass is 9.84. The fourth-order valence-electron chi connectivity index (χ4n) is 6.30. The lowest BCUT2D eigenvalue weighted by Crippen LogP contribution is -2.63. The highest BCUT2D eigenvalue weighted by Gasteiger charge is 2.66. The van der Waals surface area contributed by atoms with Crippen LogP contribution in [0.15, 0.2) is 0 Å². The van der Waals surface area contributed by atoms with Crippen molar-refractivity contribution in [1.82, 2.24) is 0 Å². The molecule has 0 aromatic carbocycles. The fraction of sp³-hybridized carbons (Fsp3) is 1.00. The van der Waals surface area contributed by atoms with Gasteiger partial charge in [-0.15, -0.1) is 0 Å². The van der Waals surface area contributed by atoms with E-state index in [-0.39, 0.29) is 48.8 Å². The average Bonchev–Trinajstić information content (AvgIpc) is 3.24. The maximum Gasteiger partial charge on any atom is 0.169 e. The van der Waals surface area contributed by atoms with E-state index in [1.54, 1.807) is 0 Å². The summed E-state index contributed by atoms with van der Waals surface area (Å²) in [5, 5.41) is 0. The van der Waals surface area contributed by atoms with Gasteiger partial charge in [-0.2, -0.15) is 0 Å². The first-order chi connectivity index (χ1) is 14.4. The Morgan fingerprint density at radius 3 is 1.10 bits per heavy atom. The third-order valence-corrected chi connectivity index (χ3v) is 7.44. The molecule has 2 heterocycles. The van der Waals surface area contributed by atoms with Crippen molar-refractivity contribution in [2.75, 3.05) is 0 Å². The van der Waals surface area contributed by atoms with Crippen molar-refractivity contribution in [1.29, 1.82) is 0 Å². The van der Waals surface area contributed by atoms with Gasteiger partial charge in [-0.1, -0.05) is 12.8 Å². The molecular weight excluding hydrogens is 384 g/mol. The first-order valence-electron chi connectivity index (χ1n) is 12.4. The van der Waals surface area contributed by atoms with E-state index < -0.39 is 11.6 Å². The molecule has 2 spiro atoms. The molecule has 2 saturated heterocycles. The van der Waals surface area contributed by atoms with Crippen LogP contribution < -0.4 is 0 Å². The van der Waals surface area contributed by atoms with Crippen molar-refractivity contribution in [2.45, 2.75) is 152 Å². The molecular formula is C24H40O6. The second-order valence-corrected chi connectivity index (χ2v) is 10.6. The fourth-order valence-corrected chi connectivity index (χ4v) is 6.30. The molecule has 6 heteroatoms. The van der Waals surface area contributed by atoms with Crippen LogP contribution in [-0.2, 0) is 28.4 Å². The van der Waals surface area contributed by atoms with E-state index in [0.29, 0.717) is 0 Å². The third-order valence-electron chi connectivity index (χ3n) is 7.44. The molecule has 0 N–H and O–H groups in total. The molecule has 5 fully saturated rings. The number of hydrogen-bond donors (Lipinski definition) is 0. The Labute approximate surface area is 181 Å². The summed E-state index contributed by atoms with van der Waals surface area (Å²) >= 11 is 0. The van der Waals surface area contributed by atoms with Crippen molar-refractivity contribution < 1.29 is 28.4 Å². The second kappa shape index (κ2) is 8.27. The van der Waals surface area contributed by atoms with E-state index in [0.717, 1.165) is 51.4 Å². The summed E-state index contributed by atoms with van der Waals surface area (Å²) in [4.78, 5) is 0. The summed E-state index contributed by atoms with van der Waals surface area (Å²) in [5.41, 5.74) is 0. The first kappa shape index (κ1) is 21.6. The van der Waals surface area contributed by atoms with Gasteiger partial charge in [-0.05, 0) is 53.4 Å². The van der Waals surface area contributed by atoms with Crippen molar-refractivity contribution in [3.05, 3.63) is 0 Å². The topological polar surface area (TPSA) is 55.4 Å². The van der Waals surface area contributed by atoms with E-state index in [2.05, 4.69) is 27.7 Å². The Kier molecular flexibility index (Phi) is 5.96. The van der Waals surface area contributed by atoms with Crippen molar-refractivity contribution in [2.24, 2.45) is 0 Å². The van der Waals surface area contributed by atoms with Crippen molar-refractivity contribution in [3.63, 3.8) is 0 Å². The van der Waals surface area contributed by atoms with Gasteiger partial charge >= 0.3 is 0 Å². The Hall–Kier alpha value is -0.240. The highest BCUT2D eigenvalue weighted by atomic mass is 16.8. The second-order valence-electron chi connectivity index (χ2n) is 10.6. The number of fused-ring (bicyclic) bond motifs is 2. The highest BCUT2D eigenvalue weighted by molar-refractivity contribution is 5.11. The summed E-state index contributed by atoms with van der Waals surface area (Å²) in [5.74, 6) is -0.988. The Balaban J connectivity index is 1.47. The quantitative estimate of drug-likeness (QED) is 0.663. The summed E-state index contributed by atoms with van der Waals surface area (Å²) in [6.07, 6.45) is 9.91. The minimum absolute atomic E-state index is 0.0804. The average molecular weight is 425 g/mol. The zero-order valence-corrected chi connectivity index (χ0v) is 19.1. The molecule has 2 unspecified atom stereocenters. The van der Waals surface area contributed by atoms with Gasteiger partial charge in [-0.3, -0.25) is 0 Å². The van der Waals surface area contributed by atoms with E-state index in [1.807, 2.05) is 0 Å². The van der Waals surface area contributed by atoms with Crippen LogP contribution in [-0.4, -0.2) is 60.4 Å². The maximum absolute atomic E-state index is 6.74. The van der Waals surface area contributed by atoms with Crippen LogP contribution in [0.1, 0.15) is 91.9 Å². The molecule has 5 aliphatic rings. The van der Waals surface area contributed by atoms with Gasteiger partial charge < -0.3 is 28.4 Å². The van der Waals surface area contributed by atoms with Gasteiger partial charge in [0, 0.05) is 25.7 Å². The lowest BCUT2D eigenvalue weighted by molar-refractivity contribution is -0.230. The summed E-state index contributed by atoms with van der Waals surface area (Å²) in [6, 6.07) is 0. The predicted molar refractivity (Wildman–Crippen MR) is 111 cm³/mol. The Morgan fingerprint density at radius 1 is 0.533 bits per heavy atom. The van der Waals surface area contributed by atoms with E-state index in [9.17, 15) is 0 Å². The smallest absolute Gasteiger partial charge is 0.169 e. The summed E-state index contributed by atoms with van der Waals surface area (Å²) in [6.45, 7) is 8.33. The van der Waals surface area contributed by atoms with E-state index >= 15 is 0 Å². The largest absolute Gasteiger partial charge is 0.370 e. The van der Waals surface area contributed by atoms with Gasteiger partial charge in [0.15, 0.2) is 11.6 Å². The molecule has 5 rings (SSSR count). The van der Waals surface area contributed by atoms with Crippen LogP contribution >= 0.6 is 0 Å². The highest BCUT2D eigenvalue weighted by Crippen LogP contribution is 2.52. The van der Waals surface area contributed by atoms with Crippen LogP contribution in [0.3, 0.4) is 0 Å². The van der Waals surface area contributed by atoms with Gasteiger partial charge in [-0.25, -0.2) is 0 Å². The van der Waals surface area contributed by atoms with Gasteiger partial charge in [0.2, 0.25) is 0 Å². The molecule has 3 saturated carbocycles.